The van der Waals surface area contributed by atoms with Gasteiger partial charge in [-0.1, -0.05) is 39.0 Å². The van der Waals surface area contributed by atoms with Crippen LogP contribution in [-0.2, 0) is 5.41 Å². The van der Waals surface area contributed by atoms with Gasteiger partial charge in [0.2, 0.25) is 0 Å². The summed E-state index contributed by atoms with van der Waals surface area (Å²) in [6, 6.07) is 10.5. The van der Waals surface area contributed by atoms with Crippen LogP contribution in [0.1, 0.15) is 31.3 Å². The minimum absolute atomic E-state index is 0.138. The molecule has 2 rings (SSSR count). The van der Waals surface area contributed by atoms with Crippen molar-refractivity contribution in [2.75, 3.05) is 0 Å². The molecule has 0 saturated carbocycles. The molecule has 0 aliphatic rings. The van der Waals surface area contributed by atoms with Crippen molar-refractivity contribution in [3.63, 3.8) is 0 Å². The number of hydrogen-bond donors (Lipinski definition) is 0. The highest BCUT2D eigenvalue weighted by Crippen LogP contribution is 2.30. The Kier molecular flexibility index (Phi) is 2.99. The number of hydrogen-bond acceptors (Lipinski definition) is 3. The highest BCUT2D eigenvalue weighted by atomic mass is 32.1. The molecule has 17 heavy (non-hydrogen) atoms. The van der Waals surface area contributed by atoms with Gasteiger partial charge in [0, 0.05) is 6.20 Å². The summed E-state index contributed by atoms with van der Waals surface area (Å²) >= 11 is 1.43. The van der Waals surface area contributed by atoms with Crippen molar-refractivity contribution in [1.82, 2.24) is 4.98 Å². The van der Waals surface area contributed by atoms with Gasteiger partial charge in [-0.2, -0.15) is 5.26 Å². The maximum absolute atomic E-state index is 8.78. The van der Waals surface area contributed by atoms with Crippen molar-refractivity contribution in [2.45, 2.75) is 26.2 Å². The topological polar surface area (TPSA) is 36.7 Å². The standard InChI is InChI=1S/C14H14N2S/c1-14(2,3)11-6-4-5-10(7-11)12-9-16-13(8-15)17-12/h4-7,9H,1-3H3. The van der Waals surface area contributed by atoms with Crippen molar-refractivity contribution in [3.05, 3.63) is 41.0 Å². The van der Waals surface area contributed by atoms with Crippen LogP contribution < -0.4 is 0 Å². The molecular weight excluding hydrogens is 228 g/mol. The van der Waals surface area contributed by atoms with E-state index in [2.05, 4.69) is 56.1 Å². The summed E-state index contributed by atoms with van der Waals surface area (Å²) in [7, 11) is 0. The summed E-state index contributed by atoms with van der Waals surface area (Å²) in [4.78, 5) is 5.11. The Bertz CT molecular complexity index is 570. The Hall–Kier alpha value is -1.66. The van der Waals surface area contributed by atoms with Gasteiger partial charge in [-0.3, -0.25) is 0 Å². The Morgan fingerprint density at radius 2 is 2.06 bits per heavy atom. The highest BCUT2D eigenvalue weighted by molar-refractivity contribution is 7.15. The number of thiazole rings is 1. The van der Waals surface area contributed by atoms with Crippen LogP contribution in [0.4, 0.5) is 0 Å². The molecule has 86 valence electrons. The fourth-order valence-electron chi connectivity index (χ4n) is 1.60. The summed E-state index contributed by atoms with van der Waals surface area (Å²) in [5.74, 6) is 0. The molecule has 2 aromatic rings. The van der Waals surface area contributed by atoms with E-state index in [0.717, 1.165) is 10.4 Å². The molecule has 0 bridgehead atoms. The lowest BCUT2D eigenvalue weighted by Crippen LogP contribution is -2.10. The van der Waals surface area contributed by atoms with Crippen LogP contribution in [0.5, 0.6) is 0 Å². The molecule has 3 heteroatoms. The van der Waals surface area contributed by atoms with Gasteiger partial charge < -0.3 is 0 Å². The van der Waals surface area contributed by atoms with E-state index in [4.69, 9.17) is 5.26 Å². The molecule has 0 aliphatic heterocycles. The average Bonchev–Trinajstić information content (AvgIpc) is 2.76. The van der Waals surface area contributed by atoms with Crippen LogP contribution in [0.25, 0.3) is 10.4 Å². The third-order valence-corrected chi connectivity index (χ3v) is 3.57. The SMILES string of the molecule is CC(C)(C)c1cccc(-c2cnc(C#N)s2)c1. The Morgan fingerprint density at radius 1 is 1.29 bits per heavy atom. The number of nitrogens with zero attached hydrogens (tertiary/aromatic N) is 2. The molecule has 0 atom stereocenters. The van der Waals surface area contributed by atoms with Gasteiger partial charge in [-0.25, -0.2) is 4.98 Å². The van der Waals surface area contributed by atoms with Crippen molar-refractivity contribution < 1.29 is 0 Å². The summed E-state index contributed by atoms with van der Waals surface area (Å²) in [5, 5.41) is 9.29. The van der Waals surface area contributed by atoms with Crippen molar-refractivity contribution in [1.29, 1.82) is 5.26 Å². The van der Waals surface area contributed by atoms with E-state index < -0.39 is 0 Å². The second kappa shape index (κ2) is 4.31. The zero-order valence-electron chi connectivity index (χ0n) is 10.2. The molecule has 1 aromatic heterocycles. The highest BCUT2D eigenvalue weighted by Gasteiger charge is 2.14. The van der Waals surface area contributed by atoms with E-state index in [1.165, 1.54) is 16.9 Å². The first-order valence-electron chi connectivity index (χ1n) is 5.47. The lowest BCUT2D eigenvalue weighted by molar-refractivity contribution is 0.590. The van der Waals surface area contributed by atoms with Crippen molar-refractivity contribution in [3.8, 4) is 16.5 Å². The van der Waals surface area contributed by atoms with E-state index >= 15 is 0 Å². The predicted octanol–water partition coefficient (Wildman–Crippen LogP) is 3.98. The second-order valence-corrected chi connectivity index (χ2v) is 6.00. The summed E-state index contributed by atoms with van der Waals surface area (Å²) in [6.07, 6.45) is 1.77. The lowest BCUT2D eigenvalue weighted by Gasteiger charge is -2.19. The molecule has 0 radical (unpaired) electrons. The molecule has 1 aromatic carbocycles. The van der Waals surface area contributed by atoms with Crippen LogP contribution in [0.15, 0.2) is 30.5 Å². The zero-order chi connectivity index (χ0) is 12.5. The molecule has 0 fully saturated rings. The molecular formula is C14H14N2S. The van der Waals surface area contributed by atoms with E-state index in [-0.39, 0.29) is 5.41 Å². The van der Waals surface area contributed by atoms with Crippen LogP contribution in [0, 0.1) is 11.3 Å². The van der Waals surface area contributed by atoms with E-state index in [1.54, 1.807) is 6.20 Å². The number of nitriles is 1. The fourth-order valence-corrected chi connectivity index (χ4v) is 2.31. The normalized spacial score (nSPS) is 11.2. The third kappa shape index (κ3) is 2.54. The Balaban J connectivity index is 2.44. The Labute approximate surface area is 106 Å². The molecule has 0 spiro atoms. The number of rotatable bonds is 1. The number of aromatic nitrogens is 1. The number of benzene rings is 1. The lowest BCUT2D eigenvalue weighted by atomic mass is 9.86. The minimum Gasteiger partial charge on any atom is -0.234 e. The van der Waals surface area contributed by atoms with Crippen LogP contribution in [0.3, 0.4) is 0 Å². The maximum atomic E-state index is 8.78. The fraction of sp³-hybridized carbons (Fsp3) is 0.286. The zero-order valence-corrected chi connectivity index (χ0v) is 11.0. The first kappa shape index (κ1) is 11.8. The first-order chi connectivity index (χ1) is 8.00. The predicted molar refractivity (Wildman–Crippen MR) is 71.0 cm³/mol. The molecule has 0 N–H and O–H groups in total. The van der Waals surface area contributed by atoms with Gasteiger partial charge in [-0.05, 0) is 22.6 Å². The van der Waals surface area contributed by atoms with Crippen molar-refractivity contribution in [2.24, 2.45) is 0 Å². The van der Waals surface area contributed by atoms with E-state index in [9.17, 15) is 0 Å². The monoisotopic (exact) mass is 242 g/mol. The molecule has 0 amide bonds. The largest absolute Gasteiger partial charge is 0.234 e. The first-order valence-corrected chi connectivity index (χ1v) is 6.29. The van der Waals surface area contributed by atoms with Gasteiger partial charge in [0.1, 0.15) is 6.07 Å². The van der Waals surface area contributed by atoms with E-state index in [1.807, 2.05) is 0 Å². The smallest absolute Gasteiger partial charge is 0.194 e. The third-order valence-electron chi connectivity index (χ3n) is 2.61. The Morgan fingerprint density at radius 3 is 2.65 bits per heavy atom. The van der Waals surface area contributed by atoms with Gasteiger partial charge in [-0.15, -0.1) is 11.3 Å². The van der Waals surface area contributed by atoms with Crippen LogP contribution in [-0.4, -0.2) is 4.98 Å². The maximum Gasteiger partial charge on any atom is 0.194 e. The quantitative estimate of drug-likeness (QED) is 0.758. The molecule has 0 aliphatic carbocycles. The van der Waals surface area contributed by atoms with Crippen LogP contribution in [0.2, 0.25) is 0 Å². The van der Waals surface area contributed by atoms with Crippen molar-refractivity contribution >= 4 is 11.3 Å². The second-order valence-electron chi connectivity index (χ2n) is 4.97. The molecule has 1 heterocycles. The minimum atomic E-state index is 0.138. The molecule has 0 saturated heterocycles. The van der Waals surface area contributed by atoms with Gasteiger partial charge in [0.05, 0.1) is 4.88 Å². The van der Waals surface area contributed by atoms with Gasteiger partial charge in [0.25, 0.3) is 0 Å². The summed E-state index contributed by atoms with van der Waals surface area (Å²) in [5.41, 5.74) is 2.57. The summed E-state index contributed by atoms with van der Waals surface area (Å²) in [6.45, 7) is 6.58. The van der Waals surface area contributed by atoms with Gasteiger partial charge >= 0.3 is 0 Å². The summed E-state index contributed by atoms with van der Waals surface area (Å²) < 4.78 is 0. The average molecular weight is 242 g/mol. The van der Waals surface area contributed by atoms with Crippen LogP contribution >= 0.6 is 11.3 Å². The molecule has 0 unspecified atom stereocenters. The van der Waals surface area contributed by atoms with Gasteiger partial charge in [0.15, 0.2) is 5.01 Å². The van der Waals surface area contributed by atoms with E-state index in [0.29, 0.717) is 5.01 Å². The molecule has 2 nitrogen and oxygen atoms in total.